The Hall–Kier alpha value is -2.92. The molecule has 0 unspecified atom stereocenters. The van der Waals surface area contributed by atoms with Gasteiger partial charge in [-0.25, -0.2) is 19.3 Å². The van der Waals surface area contributed by atoms with Crippen molar-refractivity contribution in [2.75, 3.05) is 49.7 Å². The molecule has 2 saturated heterocycles. The number of ether oxygens (including phenoxy) is 1. The van der Waals surface area contributed by atoms with Crippen LogP contribution in [0.25, 0.3) is 11.3 Å². The van der Waals surface area contributed by atoms with E-state index < -0.39 is 11.4 Å². The van der Waals surface area contributed by atoms with E-state index in [0.29, 0.717) is 56.6 Å². The molecule has 2 aromatic rings. The van der Waals surface area contributed by atoms with Crippen LogP contribution in [0.3, 0.4) is 0 Å². The average molecular weight is 472 g/mol. The van der Waals surface area contributed by atoms with Crippen LogP contribution in [0.1, 0.15) is 32.0 Å². The van der Waals surface area contributed by atoms with Crippen LogP contribution in [-0.4, -0.2) is 86.9 Å². The van der Waals surface area contributed by atoms with Gasteiger partial charge in [0.05, 0.1) is 31.4 Å². The molecule has 0 bridgehead atoms. The van der Waals surface area contributed by atoms with Crippen molar-refractivity contribution in [1.82, 2.24) is 24.8 Å². The average Bonchev–Trinajstić information content (AvgIpc) is 3.61. The number of carbonyl (C=O) groups excluding carboxylic acids is 1. The zero-order valence-corrected chi connectivity index (χ0v) is 19.5. The Morgan fingerprint density at radius 3 is 2.74 bits per heavy atom. The zero-order chi connectivity index (χ0) is 23.9. The molecule has 34 heavy (non-hydrogen) atoms. The van der Waals surface area contributed by atoms with Gasteiger partial charge in [0.2, 0.25) is 11.9 Å². The summed E-state index contributed by atoms with van der Waals surface area (Å²) >= 11 is 0. The van der Waals surface area contributed by atoms with Crippen molar-refractivity contribution < 1.29 is 19.0 Å². The first kappa shape index (κ1) is 22.9. The number of carbonyl (C=O) groups is 1. The summed E-state index contributed by atoms with van der Waals surface area (Å²) in [5.41, 5.74) is -0.358. The van der Waals surface area contributed by atoms with Gasteiger partial charge in [-0.3, -0.25) is 4.79 Å². The molecular weight excluding hydrogens is 441 g/mol. The van der Waals surface area contributed by atoms with Crippen molar-refractivity contribution in [3.05, 3.63) is 24.0 Å². The van der Waals surface area contributed by atoms with E-state index in [1.165, 1.54) is 12.4 Å². The third-order valence-corrected chi connectivity index (χ3v) is 6.80. The first-order valence-electron chi connectivity index (χ1n) is 11.8. The van der Waals surface area contributed by atoms with Crippen LogP contribution in [0.2, 0.25) is 0 Å². The fourth-order valence-electron chi connectivity index (χ4n) is 4.55. The van der Waals surface area contributed by atoms with Crippen LogP contribution in [0.4, 0.5) is 16.2 Å². The Bertz CT molecular complexity index is 1070. The summed E-state index contributed by atoms with van der Waals surface area (Å²) < 4.78 is 21.3. The Kier molecular flexibility index (Phi) is 6.07. The molecule has 2 N–H and O–H groups in total. The van der Waals surface area contributed by atoms with Gasteiger partial charge >= 0.3 is 0 Å². The van der Waals surface area contributed by atoms with E-state index in [0.717, 1.165) is 12.8 Å². The number of nitrogens with zero attached hydrogens (tertiary/aromatic N) is 6. The molecule has 0 aromatic carbocycles. The second-order valence-corrected chi connectivity index (χ2v) is 9.52. The lowest BCUT2D eigenvalue weighted by atomic mass is 10.00. The lowest BCUT2D eigenvalue weighted by Crippen LogP contribution is -2.47. The van der Waals surface area contributed by atoms with Gasteiger partial charge in [-0.05, 0) is 33.1 Å². The van der Waals surface area contributed by atoms with Gasteiger partial charge in [-0.15, -0.1) is 0 Å². The van der Waals surface area contributed by atoms with Crippen LogP contribution >= 0.6 is 0 Å². The number of morpholine rings is 1. The second-order valence-electron chi connectivity index (χ2n) is 9.52. The Labute approximate surface area is 197 Å². The molecule has 0 spiro atoms. The number of halogens is 1. The van der Waals surface area contributed by atoms with Crippen molar-refractivity contribution in [3.8, 4) is 11.3 Å². The number of hydrogen-bond acceptors (Lipinski definition) is 9. The summed E-state index contributed by atoms with van der Waals surface area (Å²) in [6.45, 7) is 5.94. The zero-order valence-electron chi connectivity index (χ0n) is 19.5. The molecule has 2 aliphatic heterocycles. The lowest BCUT2D eigenvalue weighted by molar-refractivity contribution is -0.131. The highest BCUT2D eigenvalue weighted by atomic mass is 19.1. The van der Waals surface area contributed by atoms with Crippen molar-refractivity contribution in [2.24, 2.45) is 5.92 Å². The molecule has 5 rings (SSSR count). The fraction of sp³-hybridized carbons (Fsp3) is 0.609. The number of likely N-dealkylation sites (tertiary alicyclic amines) is 1. The molecule has 182 valence electrons. The normalized spacial score (nSPS) is 25.0. The van der Waals surface area contributed by atoms with Gasteiger partial charge < -0.3 is 25.0 Å². The number of rotatable bonds is 6. The number of aromatic nitrogens is 4. The number of aryl methyl sites for hydroxylation is 1. The van der Waals surface area contributed by atoms with Crippen molar-refractivity contribution >= 4 is 17.7 Å². The van der Waals surface area contributed by atoms with Crippen LogP contribution in [0, 0.1) is 18.7 Å². The Balaban J connectivity index is 1.51. The minimum absolute atomic E-state index is 0.00552. The molecule has 11 heteroatoms. The van der Waals surface area contributed by atoms with Crippen LogP contribution in [0.15, 0.2) is 12.4 Å². The van der Waals surface area contributed by atoms with E-state index in [1.54, 1.807) is 11.8 Å². The number of anilines is 2. The van der Waals surface area contributed by atoms with E-state index in [4.69, 9.17) is 4.74 Å². The maximum Gasteiger partial charge on any atom is 0.228 e. The molecule has 2 atom stereocenters. The van der Waals surface area contributed by atoms with Gasteiger partial charge in [-0.1, -0.05) is 0 Å². The summed E-state index contributed by atoms with van der Waals surface area (Å²) in [7, 11) is 0. The van der Waals surface area contributed by atoms with Gasteiger partial charge in [0, 0.05) is 43.5 Å². The van der Waals surface area contributed by atoms with Gasteiger partial charge in [0.15, 0.2) is 11.6 Å². The standard InChI is InChI=1S/C23H30FN7O3/c1-14-11-34-8-7-31(14)22-27-19(17-9-25-15(2)26-10-17)18(24)20(28-22)29-23(13-32)5-6-30(12-23)21(33)16-3-4-16/h9-10,14,16,32H,3-8,11-13H2,1-2H3,(H,27,28,29)/t14-,23-/m0/s1. The first-order valence-corrected chi connectivity index (χ1v) is 11.8. The predicted octanol–water partition coefficient (Wildman–Crippen LogP) is 1.39. The quantitative estimate of drug-likeness (QED) is 0.645. The molecule has 1 aliphatic carbocycles. The lowest BCUT2D eigenvalue weighted by Gasteiger charge is -2.34. The maximum atomic E-state index is 15.8. The smallest absolute Gasteiger partial charge is 0.228 e. The van der Waals surface area contributed by atoms with Crippen LogP contribution in [0.5, 0.6) is 0 Å². The predicted molar refractivity (Wildman–Crippen MR) is 123 cm³/mol. The minimum Gasteiger partial charge on any atom is -0.394 e. The van der Waals surface area contributed by atoms with E-state index in [2.05, 4.69) is 25.3 Å². The van der Waals surface area contributed by atoms with Gasteiger partial charge in [-0.2, -0.15) is 4.98 Å². The Morgan fingerprint density at radius 2 is 2.06 bits per heavy atom. The SMILES string of the molecule is Cc1ncc(-c2nc(N3CCOC[C@@H]3C)nc(N[C@@]3(CO)CCN(C(=O)C4CC4)C3)c2F)cn1. The number of nitrogens with one attached hydrogen (secondary N) is 1. The number of hydrogen-bond donors (Lipinski definition) is 2. The highest BCUT2D eigenvalue weighted by Gasteiger charge is 2.44. The molecule has 3 fully saturated rings. The molecule has 4 heterocycles. The van der Waals surface area contributed by atoms with Crippen molar-refractivity contribution in [2.45, 2.75) is 44.7 Å². The van der Waals surface area contributed by atoms with E-state index in [9.17, 15) is 9.90 Å². The summed E-state index contributed by atoms with van der Waals surface area (Å²) in [5, 5.41) is 13.4. The van der Waals surface area contributed by atoms with Crippen molar-refractivity contribution in [1.29, 1.82) is 0 Å². The molecule has 1 saturated carbocycles. The van der Waals surface area contributed by atoms with Gasteiger partial charge in [0.25, 0.3) is 0 Å². The van der Waals surface area contributed by atoms with Crippen LogP contribution in [-0.2, 0) is 9.53 Å². The largest absolute Gasteiger partial charge is 0.394 e. The maximum absolute atomic E-state index is 15.8. The van der Waals surface area contributed by atoms with E-state index >= 15 is 4.39 Å². The van der Waals surface area contributed by atoms with Crippen molar-refractivity contribution in [3.63, 3.8) is 0 Å². The second kappa shape index (κ2) is 9.03. The highest BCUT2D eigenvalue weighted by molar-refractivity contribution is 5.81. The third kappa shape index (κ3) is 4.41. The summed E-state index contributed by atoms with van der Waals surface area (Å²) in [6.07, 6.45) is 5.41. The highest BCUT2D eigenvalue weighted by Crippen LogP contribution is 2.36. The number of aliphatic hydroxyl groups excluding tert-OH is 1. The molecule has 2 aromatic heterocycles. The first-order chi connectivity index (χ1) is 16.4. The summed E-state index contributed by atoms with van der Waals surface area (Å²) in [6, 6.07) is 0.0131. The monoisotopic (exact) mass is 471 g/mol. The third-order valence-electron chi connectivity index (χ3n) is 6.80. The van der Waals surface area contributed by atoms with Gasteiger partial charge in [0.1, 0.15) is 11.5 Å². The molecule has 1 amide bonds. The summed E-state index contributed by atoms with van der Waals surface area (Å²) in [4.78, 5) is 33.8. The molecule has 3 aliphatic rings. The Morgan fingerprint density at radius 1 is 1.29 bits per heavy atom. The minimum atomic E-state index is -0.880. The van der Waals surface area contributed by atoms with E-state index in [-0.39, 0.29) is 36.0 Å². The number of aliphatic hydroxyl groups is 1. The molecule has 10 nitrogen and oxygen atoms in total. The topological polar surface area (TPSA) is 117 Å². The van der Waals surface area contributed by atoms with E-state index in [1.807, 2.05) is 11.8 Å². The molecule has 0 radical (unpaired) electrons. The number of amides is 1. The fourth-order valence-corrected chi connectivity index (χ4v) is 4.55. The van der Waals surface area contributed by atoms with Crippen LogP contribution < -0.4 is 10.2 Å². The molecular formula is C23H30FN7O3. The summed E-state index contributed by atoms with van der Waals surface area (Å²) in [5.74, 6) is 0.496.